The van der Waals surface area contributed by atoms with Crippen LogP contribution in [0.25, 0.3) is 23.0 Å². The standard InChI is InChI=1S/C26H20FN5O2/c1-17-5-4-6-19(13-17)24-30-26(34-31-24)23-15-32(16-28-23)14-18-9-11-20(12-10-18)29-25(33)21-7-2-3-8-22(21)27/h2-13,15-16H,14H2,1H3,(H,29,33). The number of anilines is 1. The summed E-state index contributed by atoms with van der Waals surface area (Å²) in [5.41, 5.74) is 4.17. The predicted octanol–water partition coefficient (Wildman–Crippen LogP) is 5.35. The van der Waals surface area contributed by atoms with Gasteiger partial charge in [-0.05, 0) is 42.8 Å². The fourth-order valence-electron chi connectivity index (χ4n) is 3.53. The predicted molar refractivity (Wildman–Crippen MR) is 126 cm³/mol. The van der Waals surface area contributed by atoms with Crippen molar-refractivity contribution in [3.63, 3.8) is 0 Å². The van der Waals surface area contributed by atoms with Gasteiger partial charge >= 0.3 is 0 Å². The van der Waals surface area contributed by atoms with Crippen LogP contribution in [0.2, 0.25) is 0 Å². The molecule has 1 N–H and O–H groups in total. The summed E-state index contributed by atoms with van der Waals surface area (Å²) in [7, 11) is 0. The quantitative estimate of drug-likeness (QED) is 0.375. The zero-order valence-corrected chi connectivity index (χ0v) is 18.3. The molecule has 0 fully saturated rings. The van der Waals surface area contributed by atoms with E-state index in [2.05, 4.69) is 20.4 Å². The van der Waals surface area contributed by atoms with E-state index < -0.39 is 11.7 Å². The Morgan fingerprint density at radius 1 is 1.06 bits per heavy atom. The Morgan fingerprint density at radius 2 is 1.88 bits per heavy atom. The van der Waals surface area contributed by atoms with Gasteiger partial charge in [-0.3, -0.25) is 4.79 Å². The molecule has 5 rings (SSSR count). The first kappa shape index (κ1) is 21.3. The Labute approximate surface area is 194 Å². The van der Waals surface area contributed by atoms with Crippen molar-refractivity contribution in [2.75, 3.05) is 5.32 Å². The van der Waals surface area contributed by atoms with Crippen molar-refractivity contribution in [3.05, 3.63) is 108 Å². The first-order valence-corrected chi connectivity index (χ1v) is 10.6. The summed E-state index contributed by atoms with van der Waals surface area (Å²) >= 11 is 0. The van der Waals surface area contributed by atoms with Gasteiger partial charge in [-0.15, -0.1) is 0 Å². The Hall–Kier alpha value is -4.59. The van der Waals surface area contributed by atoms with Gasteiger partial charge in [0.25, 0.3) is 11.8 Å². The Bertz CT molecular complexity index is 1460. The van der Waals surface area contributed by atoms with Crippen LogP contribution in [0.15, 0.2) is 89.8 Å². The van der Waals surface area contributed by atoms with Crippen molar-refractivity contribution in [1.29, 1.82) is 0 Å². The van der Waals surface area contributed by atoms with Gasteiger partial charge in [0.05, 0.1) is 11.9 Å². The van der Waals surface area contributed by atoms with Crippen LogP contribution in [0, 0.1) is 12.7 Å². The molecule has 168 valence electrons. The van der Waals surface area contributed by atoms with Crippen LogP contribution in [-0.2, 0) is 6.54 Å². The molecule has 0 aliphatic heterocycles. The van der Waals surface area contributed by atoms with E-state index in [0.717, 1.165) is 16.7 Å². The van der Waals surface area contributed by atoms with Gasteiger partial charge in [0, 0.05) is 24.0 Å². The molecule has 1 amide bonds. The lowest BCUT2D eigenvalue weighted by atomic mass is 10.1. The highest BCUT2D eigenvalue weighted by Crippen LogP contribution is 2.22. The monoisotopic (exact) mass is 453 g/mol. The number of nitrogens with zero attached hydrogens (tertiary/aromatic N) is 4. The molecule has 7 nitrogen and oxygen atoms in total. The second-order valence-electron chi connectivity index (χ2n) is 7.85. The maximum Gasteiger partial charge on any atom is 0.278 e. The number of carbonyl (C=O) groups is 1. The SMILES string of the molecule is Cc1cccc(-c2noc(-c3cn(Cc4ccc(NC(=O)c5ccccc5F)cc4)cn3)n2)c1. The molecular weight excluding hydrogens is 433 g/mol. The Kier molecular flexibility index (Phi) is 5.70. The maximum absolute atomic E-state index is 13.8. The van der Waals surface area contributed by atoms with Crippen molar-refractivity contribution >= 4 is 11.6 Å². The van der Waals surface area contributed by atoms with Crippen LogP contribution in [-0.4, -0.2) is 25.6 Å². The largest absolute Gasteiger partial charge is 0.332 e. The molecular formula is C26H20FN5O2. The third-order valence-electron chi connectivity index (χ3n) is 5.25. The van der Waals surface area contributed by atoms with Crippen LogP contribution >= 0.6 is 0 Å². The van der Waals surface area contributed by atoms with E-state index in [1.807, 2.05) is 54.1 Å². The molecule has 0 atom stereocenters. The number of aryl methyl sites for hydroxylation is 1. The molecule has 0 radical (unpaired) electrons. The molecule has 5 aromatic rings. The molecule has 2 aromatic heterocycles. The highest BCUT2D eigenvalue weighted by Gasteiger charge is 2.14. The summed E-state index contributed by atoms with van der Waals surface area (Å²) in [6, 6.07) is 21.1. The summed E-state index contributed by atoms with van der Waals surface area (Å²) < 4.78 is 21.1. The van der Waals surface area contributed by atoms with E-state index in [1.54, 1.807) is 30.6 Å². The van der Waals surface area contributed by atoms with Gasteiger partial charge in [0.1, 0.15) is 11.5 Å². The van der Waals surface area contributed by atoms with Gasteiger partial charge in [-0.1, -0.05) is 53.2 Å². The van der Waals surface area contributed by atoms with Gasteiger partial charge in [-0.25, -0.2) is 9.37 Å². The summed E-state index contributed by atoms with van der Waals surface area (Å²) in [5, 5.41) is 6.77. The maximum atomic E-state index is 13.8. The van der Waals surface area contributed by atoms with Crippen molar-refractivity contribution in [2.45, 2.75) is 13.5 Å². The second kappa shape index (κ2) is 9.11. The van der Waals surface area contributed by atoms with E-state index in [-0.39, 0.29) is 5.56 Å². The third-order valence-corrected chi connectivity index (χ3v) is 5.25. The lowest BCUT2D eigenvalue weighted by Gasteiger charge is -2.08. The van der Waals surface area contributed by atoms with Crippen LogP contribution in [0.1, 0.15) is 21.5 Å². The number of carbonyl (C=O) groups excluding carboxylic acids is 1. The minimum Gasteiger partial charge on any atom is -0.332 e. The number of rotatable bonds is 6. The molecule has 2 heterocycles. The van der Waals surface area contributed by atoms with Gasteiger partial charge in [-0.2, -0.15) is 4.98 Å². The number of imidazole rings is 1. The summed E-state index contributed by atoms with van der Waals surface area (Å²) in [4.78, 5) is 21.1. The summed E-state index contributed by atoms with van der Waals surface area (Å²) in [6.45, 7) is 2.57. The number of hydrogen-bond donors (Lipinski definition) is 1. The highest BCUT2D eigenvalue weighted by molar-refractivity contribution is 6.04. The minimum atomic E-state index is -0.556. The molecule has 0 bridgehead atoms. The molecule has 0 unspecified atom stereocenters. The van der Waals surface area contributed by atoms with Crippen LogP contribution in [0.4, 0.5) is 10.1 Å². The van der Waals surface area contributed by atoms with Crippen molar-refractivity contribution in [1.82, 2.24) is 19.7 Å². The molecule has 0 aliphatic carbocycles. The summed E-state index contributed by atoms with van der Waals surface area (Å²) in [6.07, 6.45) is 3.53. The first-order valence-electron chi connectivity index (χ1n) is 10.6. The molecule has 0 saturated heterocycles. The smallest absolute Gasteiger partial charge is 0.278 e. The number of hydrogen-bond acceptors (Lipinski definition) is 5. The van der Waals surface area contributed by atoms with Crippen molar-refractivity contribution < 1.29 is 13.7 Å². The number of nitrogens with one attached hydrogen (secondary N) is 1. The van der Waals surface area contributed by atoms with Crippen LogP contribution < -0.4 is 5.32 Å². The van der Waals surface area contributed by atoms with Crippen molar-refractivity contribution in [3.8, 4) is 23.0 Å². The lowest BCUT2D eigenvalue weighted by molar-refractivity contribution is 0.102. The van der Waals surface area contributed by atoms with Crippen LogP contribution in [0.3, 0.4) is 0 Å². The van der Waals surface area contributed by atoms with E-state index in [1.165, 1.54) is 12.1 Å². The molecule has 34 heavy (non-hydrogen) atoms. The molecule has 0 spiro atoms. The average Bonchev–Trinajstić information content (AvgIpc) is 3.50. The zero-order valence-electron chi connectivity index (χ0n) is 18.3. The number of halogens is 1. The lowest BCUT2D eigenvalue weighted by Crippen LogP contribution is -2.13. The fraction of sp³-hybridized carbons (Fsp3) is 0.0769. The number of amides is 1. The van der Waals surface area contributed by atoms with E-state index >= 15 is 0 Å². The Morgan fingerprint density at radius 3 is 2.68 bits per heavy atom. The van der Waals surface area contributed by atoms with Crippen LogP contribution in [0.5, 0.6) is 0 Å². The van der Waals surface area contributed by atoms with E-state index in [4.69, 9.17) is 4.52 Å². The van der Waals surface area contributed by atoms with Crippen molar-refractivity contribution in [2.24, 2.45) is 0 Å². The minimum absolute atomic E-state index is 0.00380. The second-order valence-corrected chi connectivity index (χ2v) is 7.85. The molecule has 3 aromatic carbocycles. The number of aromatic nitrogens is 4. The Balaban J connectivity index is 1.24. The topological polar surface area (TPSA) is 85.8 Å². The van der Waals surface area contributed by atoms with Gasteiger partial charge in [0.2, 0.25) is 5.82 Å². The molecule has 8 heteroatoms. The van der Waals surface area contributed by atoms with E-state index in [9.17, 15) is 9.18 Å². The number of benzene rings is 3. The zero-order chi connectivity index (χ0) is 23.5. The highest BCUT2D eigenvalue weighted by atomic mass is 19.1. The first-order chi connectivity index (χ1) is 16.5. The molecule has 0 saturated carbocycles. The van der Waals surface area contributed by atoms with Gasteiger partial charge in [0.15, 0.2) is 0 Å². The van der Waals surface area contributed by atoms with Gasteiger partial charge < -0.3 is 14.4 Å². The van der Waals surface area contributed by atoms with E-state index in [0.29, 0.717) is 29.6 Å². The molecule has 0 aliphatic rings. The normalized spacial score (nSPS) is 10.9. The average molecular weight is 453 g/mol. The fourth-order valence-corrected chi connectivity index (χ4v) is 3.53. The summed E-state index contributed by atoms with van der Waals surface area (Å²) in [5.74, 6) is -0.183. The third kappa shape index (κ3) is 4.61.